The van der Waals surface area contributed by atoms with E-state index in [0.29, 0.717) is 13.2 Å². The molecular formula is C14H25N3O3. The van der Waals surface area contributed by atoms with E-state index in [-0.39, 0.29) is 23.9 Å². The fraction of sp³-hybridized carbons (Fsp3) is 0.857. The average molecular weight is 283 g/mol. The number of nitrogens with one attached hydrogen (secondary N) is 1. The zero-order valence-electron chi connectivity index (χ0n) is 12.1. The van der Waals surface area contributed by atoms with Gasteiger partial charge in [0.15, 0.2) is 0 Å². The first kappa shape index (κ1) is 15.1. The number of hydrogen-bond donors (Lipinski definition) is 2. The van der Waals surface area contributed by atoms with Gasteiger partial charge in [0.2, 0.25) is 5.91 Å². The molecule has 0 aromatic rings. The average Bonchev–Trinajstić information content (AvgIpc) is 2.85. The van der Waals surface area contributed by atoms with Crippen LogP contribution in [0.4, 0.5) is 4.79 Å². The maximum atomic E-state index is 12.4. The van der Waals surface area contributed by atoms with Crippen LogP contribution in [0.2, 0.25) is 0 Å². The van der Waals surface area contributed by atoms with Crippen molar-refractivity contribution in [2.45, 2.75) is 51.1 Å². The van der Waals surface area contributed by atoms with Crippen molar-refractivity contribution in [3.05, 3.63) is 0 Å². The Morgan fingerprint density at radius 2 is 2.15 bits per heavy atom. The number of alkyl carbamates (subject to hydrolysis) is 1. The highest BCUT2D eigenvalue weighted by Crippen LogP contribution is 2.27. The van der Waals surface area contributed by atoms with Gasteiger partial charge in [-0.3, -0.25) is 4.79 Å². The Balaban J connectivity index is 1.83. The first-order valence-electron chi connectivity index (χ1n) is 7.57. The molecule has 3 N–H and O–H groups in total. The number of nitrogens with two attached hydrogens (primary N) is 1. The van der Waals surface area contributed by atoms with E-state index in [0.717, 1.165) is 38.6 Å². The van der Waals surface area contributed by atoms with Crippen molar-refractivity contribution < 1.29 is 14.3 Å². The minimum atomic E-state index is -0.394. The van der Waals surface area contributed by atoms with E-state index < -0.39 is 6.09 Å². The van der Waals surface area contributed by atoms with Gasteiger partial charge in [-0.05, 0) is 39.0 Å². The van der Waals surface area contributed by atoms with Crippen LogP contribution in [0.1, 0.15) is 39.0 Å². The zero-order valence-corrected chi connectivity index (χ0v) is 12.1. The topological polar surface area (TPSA) is 84.7 Å². The Morgan fingerprint density at radius 1 is 1.35 bits per heavy atom. The van der Waals surface area contributed by atoms with Crippen LogP contribution in [0.3, 0.4) is 0 Å². The summed E-state index contributed by atoms with van der Waals surface area (Å²) in [4.78, 5) is 25.7. The monoisotopic (exact) mass is 283 g/mol. The molecule has 1 aliphatic carbocycles. The molecule has 1 heterocycles. The number of carbonyl (C=O) groups excluding carboxylic acids is 2. The van der Waals surface area contributed by atoms with Crippen molar-refractivity contribution in [1.29, 1.82) is 0 Å². The smallest absolute Gasteiger partial charge is 0.407 e. The summed E-state index contributed by atoms with van der Waals surface area (Å²) in [5, 5.41) is 2.82. The number of likely N-dealkylation sites (tertiary alicyclic amines) is 1. The molecule has 2 rings (SSSR count). The summed E-state index contributed by atoms with van der Waals surface area (Å²) in [7, 11) is 0. The second-order valence-electron chi connectivity index (χ2n) is 5.76. The van der Waals surface area contributed by atoms with Crippen LogP contribution in [-0.2, 0) is 9.53 Å². The summed E-state index contributed by atoms with van der Waals surface area (Å²) < 4.78 is 4.88. The van der Waals surface area contributed by atoms with Gasteiger partial charge in [-0.2, -0.15) is 0 Å². The van der Waals surface area contributed by atoms with Gasteiger partial charge in [-0.25, -0.2) is 4.79 Å². The molecule has 2 fully saturated rings. The molecule has 1 saturated heterocycles. The van der Waals surface area contributed by atoms with E-state index >= 15 is 0 Å². The lowest BCUT2D eigenvalue weighted by molar-refractivity contribution is -0.136. The molecule has 0 aromatic carbocycles. The second kappa shape index (κ2) is 6.92. The molecule has 1 saturated carbocycles. The lowest BCUT2D eigenvalue weighted by atomic mass is 10.0. The molecule has 6 heteroatoms. The van der Waals surface area contributed by atoms with Crippen molar-refractivity contribution in [3.8, 4) is 0 Å². The predicted octanol–water partition coefficient (Wildman–Crippen LogP) is 0.851. The summed E-state index contributed by atoms with van der Waals surface area (Å²) in [5.74, 6) is 0.277. The van der Waals surface area contributed by atoms with Crippen molar-refractivity contribution in [2.75, 3.05) is 19.7 Å². The molecule has 2 amide bonds. The minimum absolute atomic E-state index is 0.00169. The Morgan fingerprint density at radius 3 is 2.80 bits per heavy atom. The van der Waals surface area contributed by atoms with Gasteiger partial charge in [0.05, 0.1) is 6.61 Å². The summed E-state index contributed by atoms with van der Waals surface area (Å²) in [6, 6.07) is 0.170. The first-order valence-corrected chi connectivity index (χ1v) is 7.57. The van der Waals surface area contributed by atoms with Gasteiger partial charge in [0.25, 0.3) is 0 Å². The predicted molar refractivity (Wildman–Crippen MR) is 75.1 cm³/mol. The number of ether oxygens (including phenoxy) is 1. The molecule has 0 bridgehead atoms. The lowest BCUT2D eigenvalue weighted by Crippen LogP contribution is -2.51. The Kier molecular flexibility index (Phi) is 5.23. The third-order valence-corrected chi connectivity index (χ3v) is 4.15. The van der Waals surface area contributed by atoms with E-state index in [2.05, 4.69) is 5.32 Å². The highest BCUT2D eigenvalue weighted by molar-refractivity contribution is 5.79. The van der Waals surface area contributed by atoms with Crippen LogP contribution in [0, 0.1) is 5.92 Å². The molecule has 0 radical (unpaired) electrons. The van der Waals surface area contributed by atoms with Crippen molar-refractivity contribution in [3.63, 3.8) is 0 Å². The summed E-state index contributed by atoms with van der Waals surface area (Å²) >= 11 is 0. The van der Waals surface area contributed by atoms with E-state index in [1.165, 1.54) is 0 Å². The van der Waals surface area contributed by atoms with Crippen LogP contribution in [-0.4, -0.2) is 48.7 Å². The molecule has 0 spiro atoms. The summed E-state index contributed by atoms with van der Waals surface area (Å²) in [5.41, 5.74) is 5.87. The van der Waals surface area contributed by atoms with Gasteiger partial charge < -0.3 is 20.7 Å². The normalized spacial score (nSPS) is 30.1. The Labute approximate surface area is 120 Å². The quantitative estimate of drug-likeness (QED) is 0.804. The first-order chi connectivity index (χ1) is 9.60. The molecule has 3 unspecified atom stereocenters. The fourth-order valence-corrected chi connectivity index (χ4v) is 3.13. The van der Waals surface area contributed by atoms with Crippen molar-refractivity contribution in [1.82, 2.24) is 10.2 Å². The third kappa shape index (κ3) is 3.85. The standard InChI is InChI=1S/C14H25N3O3/c1-2-20-14(19)16-12-4-3-7-17(9-12)13(18)10-5-6-11(15)8-10/h10-12H,2-9,15H2,1H3,(H,16,19). The number of rotatable bonds is 3. The summed E-state index contributed by atoms with van der Waals surface area (Å²) in [6.07, 6.45) is 4.05. The summed E-state index contributed by atoms with van der Waals surface area (Å²) in [6.45, 7) is 3.51. The van der Waals surface area contributed by atoms with Gasteiger partial charge in [0.1, 0.15) is 0 Å². The fourth-order valence-electron chi connectivity index (χ4n) is 3.13. The van der Waals surface area contributed by atoms with Crippen molar-refractivity contribution >= 4 is 12.0 Å². The van der Waals surface area contributed by atoms with Crippen LogP contribution in [0.25, 0.3) is 0 Å². The van der Waals surface area contributed by atoms with Crippen molar-refractivity contribution in [2.24, 2.45) is 11.7 Å². The van der Waals surface area contributed by atoms with E-state index in [9.17, 15) is 9.59 Å². The highest BCUT2D eigenvalue weighted by atomic mass is 16.5. The van der Waals surface area contributed by atoms with E-state index in [1.54, 1.807) is 6.92 Å². The van der Waals surface area contributed by atoms with Crippen LogP contribution in [0.5, 0.6) is 0 Å². The number of amides is 2. The van der Waals surface area contributed by atoms with Gasteiger partial charge in [-0.1, -0.05) is 0 Å². The molecule has 20 heavy (non-hydrogen) atoms. The van der Waals surface area contributed by atoms with Gasteiger partial charge in [-0.15, -0.1) is 0 Å². The van der Waals surface area contributed by atoms with Crippen LogP contribution < -0.4 is 11.1 Å². The van der Waals surface area contributed by atoms with Crippen LogP contribution >= 0.6 is 0 Å². The largest absolute Gasteiger partial charge is 0.450 e. The molecular weight excluding hydrogens is 258 g/mol. The second-order valence-corrected chi connectivity index (χ2v) is 5.76. The van der Waals surface area contributed by atoms with E-state index in [1.807, 2.05) is 4.90 Å². The molecule has 114 valence electrons. The van der Waals surface area contributed by atoms with Gasteiger partial charge in [0, 0.05) is 31.1 Å². The van der Waals surface area contributed by atoms with E-state index in [4.69, 9.17) is 10.5 Å². The molecule has 6 nitrogen and oxygen atoms in total. The van der Waals surface area contributed by atoms with Gasteiger partial charge >= 0.3 is 6.09 Å². The third-order valence-electron chi connectivity index (χ3n) is 4.15. The molecule has 2 aliphatic rings. The zero-order chi connectivity index (χ0) is 14.5. The van der Waals surface area contributed by atoms with Crippen LogP contribution in [0.15, 0.2) is 0 Å². The molecule has 1 aliphatic heterocycles. The maximum absolute atomic E-state index is 12.4. The SMILES string of the molecule is CCOC(=O)NC1CCCN(C(=O)C2CCC(N)C2)C1. The molecule has 0 aromatic heterocycles. The Bertz CT molecular complexity index is 362. The molecule has 3 atom stereocenters. The maximum Gasteiger partial charge on any atom is 0.407 e. The Hall–Kier alpha value is -1.30. The number of piperidine rings is 1. The number of carbonyl (C=O) groups is 2. The highest BCUT2D eigenvalue weighted by Gasteiger charge is 2.33. The number of hydrogen-bond acceptors (Lipinski definition) is 4. The lowest BCUT2D eigenvalue weighted by Gasteiger charge is -2.34. The number of nitrogens with zero attached hydrogens (tertiary/aromatic N) is 1. The minimum Gasteiger partial charge on any atom is -0.450 e.